The summed E-state index contributed by atoms with van der Waals surface area (Å²) in [5, 5.41) is 22.2. The minimum atomic E-state index is -1.22. The fourth-order valence-electron chi connectivity index (χ4n) is 0.884. The van der Waals surface area contributed by atoms with Gasteiger partial charge in [-0.25, -0.2) is 0 Å². The van der Waals surface area contributed by atoms with Gasteiger partial charge in [0.05, 0.1) is 17.8 Å². The summed E-state index contributed by atoms with van der Waals surface area (Å²) in [6.45, 7) is -0.178. The van der Waals surface area contributed by atoms with Gasteiger partial charge in [-0.3, -0.25) is 4.79 Å². The molecule has 0 aromatic carbocycles. The Balaban J connectivity index is 2.84. The van der Waals surface area contributed by atoms with Crippen LogP contribution < -0.4 is 5.73 Å². The largest absolute Gasteiger partial charge is 0.480 e. The number of aliphatic carboxylic acids is 1. The van der Waals surface area contributed by atoms with Crippen molar-refractivity contribution in [3.8, 4) is 0 Å². The van der Waals surface area contributed by atoms with Crippen molar-refractivity contribution in [3.05, 3.63) is 21.3 Å². The van der Waals surface area contributed by atoms with E-state index in [0.717, 1.165) is 10.9 Å². The van der Waals surface area contributed by atoms with Crippen molar-refractivity contribution in [2.45, 2.75) is 12.6 Å². The first-order chi connectivity index (χ1) is 6.91. The Bertz CT molecular complexity index is 404. The zero-order valence-corrected chi connectivity index (χ0v) is 8.09. The van der Waals surface area contributed by atoms with Crippen molar-refractivity contribution in [2.75, 3.05) is 0 Å². The molecule has 0 aliphatic heterocycles. The highest BCUT2D eigenvalue weighted by Gasteiger charge is 2.21. The van der Waals surface area contributed by atoms with E-state index in [1.807, 2.05) is 0 Å². The lowest BCUT2D eigenvalue weighted by atomic mass is 10.3. The zero-order valence-electron chi connectivity index (χ0n) is 7.33. The summed E-state index contributed by atoms with van der Waals surface area (Å²) in [4.78, 5) is 20.0. The summed E-state index contributed by atoms with van der Waals surface area (Å²) in [7, 11) is 0. The molecule has 15 heavy (non-hydrogen) atoms. The predicted octanol–water partition coefficient (Wildman–Crippen LogP) is -0.143. The summed E-state index contributed by atoms with van der Waals surface area (Å²) in [5.74, 6) is -1.74. The molecule has 0 radical (unpaired) electrons. The van der Waals surface area contributed by atoms with Crippen LogP contribution in [0.25, 0.3) is 0 Å². The number of nitrogens with two attached hydrogens (primary N) is 1. The maximum absolute atomic E-state index is 10.4. The van der Waals surface area contributed by atoms with E-state index in [2.05, 4.69) is 5.10 Å². The molecule has 0 aliphatic carbocycles. The van der Waals surface area contributed by atoms with Gasteiger partial charge in [0.15, 0.2) is 5.02 Å². The van der Waals surface area contributed by atoms with Crippen LogP contribution in [0.3, 0.4) is 0 Å². The molecule has 8 nitrogen and oxygen atoms in total. The van der Waals surface area contributed by atoms with Crippen molar-refractivity contribution in [1.29, 1.82) is 0 Å². The minimum Gasteiger partial charge on any atom is -0.480 e. The Morgan fingerprint density at radius 1 is 1.87 bits per heavy atom. The molecule has 9 heteroatoms. The molecule has 1 unspecified atom stereocenters. The molecule has 1 atom stereocenters. The van der Waals surface area contributed by atoms with E-state index in [1.165, 1.54) is 0 Å². The summed E-state index contributed by atoms with van der Waals surface area (Å²) >= 11 is 5.49. The molecule has 3 N–H and O–H groups in total. The topological polar surface area (TPSA) is 124 Å². The predicted molar refractivity (Wildman–Crippen MR) is 49.5 cm³/mol. The average molecular weight is 235 g/mol. The first kappa shape index (κ1) is 11.4. The van der Waals surface area contributed by atoms with Crippen LogP contribution in [0, 0.1) is 10.1 Å². The number of aromatic nitrogens is 2. The first-order valence-corrected chi connectivity index (χ1v) is 4.15. The van der Waals surface area contributed by atoms with Crippen molar-refractivity contribution >= 4 is 23.4 Å². The van der Waals surface area contributed by atoms with Crippen LogP contribution in [0.2, 0.25) is 5.02 Å². The SMILES string of the molecule is NC(Cn1cc(Cl)c([N+](=O)[O-])n1)C(=O)O. The fraction of sp³-hybridized carbons (Fsp3) is 0.333. The van der Waals surface area contributed by atoms with Gasteiger partial charge in [0.1, 0.15) is 6.04 Å². The van der Waals surface area contributed by atoms with E-state index in [1.54, 1.807) is 0 Å². The molecule has 1 heterocycles. The third-order valence-corrected chi connectivity index (χ3v) is 1.84. The highest BCUT2D eigenvalue weighted by Crippen LogP contribution is 2.21. The molecule has 1 rings (SSSR count). The van der Waals surface area contributed by atoms with Gasteiger partial charge in [-0.15, -0.1) is 0 Å². The fourth-order valence-corrected chi connectivity index (χ4v) is 1.10. The van der Waals surface area contributed by atoms with E-state index in [4.69, 9.17) is 22.4 Å². The van der Waals surface area contributed by atoms with Gasteiger partial charge in [-0.2, -0.15) is 4.68 Å². The van der Waals surface area contributed by atoms with E-state index < -0.39 is 22.8 Å². The first-order valence-electron chi connectivity index (χ1n) is 3.77. The molecular weight excluding hydrogens is 228 g/mol. The molecule has 0 spiro atoms. The lowest BCUT2D eigenvalue weighted by Crippen LogP contribution is -2.34. The number of carbonyl (C=O) groups is 1. The summed E-state index contributed by atoms with van der Waals surface area (Å²) in [5.41, 5.74) is 5.21. The summed E-state index contributed by atoms with van der Waals surface area (Å²) in [6, 6.07) is -1.18. The molecule has 0 fully saturated rings. The van der Waals surface area contributed by atoms with E-state index in [0.29, 0.717) is 0 Å². The van der Waals surface area contributed by atoms with Crippen molar-refractivity contribution < 1.29 is 14.8 Å². The van der Waals surface area contributed by atoms with Crippen LogP contribution in [-0.4, -0.2) is 31.8 Å². The van der Waals surface area contributed by atoms with Gasteiger partial charge in [-0.05, 0) is 4.92 Å². The van der Waals surface area contributed by atoms with Gasteiger partial charge in [0.2, 0.25) is 0 Å². The summed E-state index contributed by atoms with van der Waals surface area (Å²) in [6.07, 6.45) is 1.16. The molecule has 82 valence electrons. The standard InChI is InChI=1S/C6H7ClN4O4/c7-3-1-10(2-4(8)6(12)13)9-5(3)11(14)15/h1,4H,2,8H2,(H,12,13). The second kappa shape index (κ2) is 4.24. The van der Waals surface area contributed by atoms with Crippen LogP contribution in [0.5, 0.6) is 0 Å². The van der Waals surface area contributed by atoms with Crippen molar-refractivity contribution in [1.82, 2.24) is 9.78 Å². The maximum atomic E-state index is 10.4. The molecule has 0 saturated carbocycles. The Hall–Kier alpha value is -1.67. The smallest absolute Gasteiger partial charge is 0.408 e. The van der Waals surface area contributed by atoms with Gasteiger partial charge in [0.25, 0.3) is 0 Å². The quantitative estimate of drug-likeness (QED) is 0.552. The Kier molecular flexibility index (Phi) is 3.22. The third kappa shape index (κ3) is 2.64. The van der Waals surface area contributed by atoms with Gasteiger partial charge >= 0.3 is 11.8 Å². The third-order valence-electron chi connectivity index (χ3n) is 1.57. The number of hydrogen-bond acceptors (Lipinski definition) is 5. The number of nitrogens with zero attached hydrogens (tertiary/aromatic N) is 3. The highest BCUT2D eigenvalue weighted by atomic mass is 35.5. The van der Waals surface area contributed by atoms with Gasteiger partial charge in [-0.1, -0.05) is 11.6 Å². The second-order valence-electron chi connectivity index (χ2n) is 2.72. The van der Waals surface area contributed by atoms with Crippen LogP contribution >= 0.6 is 11.6 Å². The number of halogens is 1. The Labute approximate surface area is 88.4 Å². The Morgan fingerprint density at radius 3 is 2.87 bits per heavy atom. The molecule has 0 bridgehead atoms. The summed E-state index contributed by atoms with van der Waals surface area (Å²) < 4.78 is 1.03. The Morgan fingerprint density at radius 2 is 2.47 bits per heavy atom. The maximum Gasteiger partial charge on any atom is 0.408 e. The van der Waals surface area contributed by atoms with Crippen LogP contribution in [0.4, 0.5) is 5.82 Å². The zero-order chi connectivity index (χ0) is 11.6. The van der Waals surface area contributed by atoms with E-state index >= 15 is 0 Å². The average Bonchev–Trinajstić information content (AvgIpc) is 2.46. The highest BCUT2D eigenvalue weighted by molar-refractivity contribution is 6.32. The number of rotatable bonds is 4. The van der Waals surface area contributed by atoms with Crippen molar-refractivity contribution in [2.24, 2.45) is 5.73 Å². The molecule has 0 amide bonds. The molecular formula is C6H7ClN4O4. The number of nitro groups is 1. The van der Waals surface area contributed by atoms with E-state index in [-0.39, 0.29) is 11.6 Å². The number of hydrogen-bond donors (Lipinski definition) is 2. The number of carboxylic acids is 1. The molecule has 0 saturated heterocycles. The lowest BCUT2D eigenvalue weighted by Gasteiger charge is -2.01. The van der Waals surface area contributed by atoms with E-state index in [9.17, 15) is 14.9 Å². The van der Waals surface area contributed by atoms with Crippen molar-refractivity contribution in [3.63, 3.8) is 0 Å². The van der Waals surface area contributed by atoms with Gasteiger partial charge < -0.3 is 21.0 Å². The lowest BCUT2D eigenvalue weighted by molar-refractivity contribution is -0.389. The van der Waals surface area contributed by atoms with Gasteiger partial charge in [0, 0.05) is 0 Å². The second-order valence-corrected chi connectivity index (χ2v) is 3.13. The molecule has 1 aromatic heterocycles. The van der Waals surface area contributed by atoms with Crippen LogP contribution in [-0.2, 0) is 11.3 Å². The number of carboxylic acid groups (broad SMARTS) is 1. The van der Waals surface area contributed by atoms with Crippen LogP contribution in [0.15, 0.2) is 6.20 Å². The molecule has 1 aromatic rings. The minimum absolute atomic E-state index is 0.155. The monoisotopic (exact) mass is 234 g/mol. The molecule has 0 aliphatic rings. The van der Waals surface area contributed by atoms with Crippen LogP contribution in [0.1, 0.15) is 0 Å². The normalized spacial score (nSPS) is 12.4.